The normalized spacial score (nSPS) is 30.5. The van der Waals surface area contributed by atoms with Gasteiger partial charge in [0.15, 0.2) is 0 Å². The van der Waals surface area contributed by atoms with Crippen molar-refractivity contribution in [3.8, 4) is 0 Å². The summed E-state index contributed by atoms with van der Waals surface area (Å²) in [6, 6.07) is 0. The smallest absolute Gasteiger partial charge is 0.329 e. The minimum absolute atomic E-state index is 0.0757. The highest BCUT2D eigenvalue weighted by atomic mass is 16.4. The molecule has 96 valence electrons. The van der Waals surface area contributed by atoms with Crippen LogP contribution in [0.1, 0.15) is 51.9 Å². The lowest BCUT2D eigenvalue weighted by Gasteiger charge is -2.42. The van der Waals surface area contributed by atoms with Gasteiger partial charge < -0.3 is 10.0 Å². The number of nitrogens with zero attached hydrogens (tertiary/aromatic N) is 1. The van der Waals surface area contributed by atoms with Gasteiger partial charge in [0.2, 0.25) is 5.91 Å². The second-order valence-electron chi connectivity index (χ2n) is 5.51. The summed E-state index contributed by atoms with van der Waals surface area (Å²) in [5, 5.41) is 9.37. The van der Waals surface area contributed by atoms with Gasteiger partial charge in [-0.25, -0.2) is 4.79 Å². The van der Waals surface area contributed by atoms with Crippen molar-refractivity contribution in [3.63, 3.8) is 0 Å². The van der Waals surface area contributed by atoms with Crippen molar-refractivity contribution in [1.82, 2.24) is 4.90 Å². The van der Waals surface area contributed by atoms with E-state index in [-0.39, 0.29) is 11.8 Å². The molecule has 2 rings (SSSR count). The van der Waals surface area contributed by atoms with Crippen LogP contribution in [0.15, 0.2) is 0 Å². The number of carbonyl (C=O) groups is 2. The molecule has 1 heterocycles. The number of hydrogen-bond acceptors (Lipinski definition) is 2. The topological polar surface area (TPSA) is 57.6 Å². The van der Waals surface area contributed by atoms with E-state index in [0.29, 0.717) is 13.0 Å². The maximum atomic E-state index is 12.4. The van der Waals surface area contributed by atoms with Gasteiger partial charge in [0.1, 0.15) is 5.54 Å². The van der Waals surface area contributed by atoms with Crippen LogP contribution in [-0.2, 0) is 9.59 Å². The first kappa shape index (κ1) is 12.4. The number of hydrogen-bond donors (Lipinski definition) is 1. The van der Waals surface area contributed by atoms with Gasteiger partial charge in [-0.3, -0.25) is 4.79 Å². The predicted molar refractivity (Wildman–Crippen MR) is 63.6 cm³/mol. The monoisotopic (exact) mass is 239 g/mol. The molecule has 1 unspecified atom stereocenters. The summed E-state index contributed by atoms with van der Waals surface area (Å²) in [6.45, 7) is 2.31. The second kappa shape index (κ2) is 4.67. The van der Waals surface area contributed by atoms with E-state index < -0.39 is 11.5 Å². The summed E-state index contributed by atoms with van der Waals surface area (Å²) in [4.78, 5) is 25.4. The first-order chi connectivity index (χ1) is 8.05. The minimum Gasteiger partial charge on any atom is -0.480 e. The Kier molecular flexibility index (Phi) is 3.40. The highest BCUT2D eigenvalue weighted by molar-refractivity contribution is 5.88. The molecule has 4 heteroatoms. The lowest BCUT2D eigenvalue weighted by atomic mass is 9.87. The molecule has 0 aromatic heterocycles. The van der Waals surface area contributed by atoms with E-state index >= 15 is 0 Å². The van der Waals surface area contributed by atoms with Crippen LogP contribution in [0.5, 0.6) is 0 Å². The number of piperidine rings is 1. The molecule has 0 bridgehead atoms. The predicted octanol–water partition coefficient (Wildman–Crippen LogP) is 2.03. The molecular formula is C13H21NO3. The number of aliphatic carboxylic acids is 1. The number of carboxylic acid groups (broad SMARTS) is 1. The summed E-state index contributed by atoms with van der Waals surface area (Å²) < 4.78 is 0. The molecule has 1 aliphatic heterocycles. The lowest BCUT2D eigenvalue weighted by Crippen LogP contribution is -2.58. The summed E-state index contributed by atoms with van der Waals surface area (Å²) >= 11 is 0. The number of likely N-dealkylation sites (tertiary alicyclic amines) is 1. The SMILES string of the molecule is CC1(C(=O)O)CCCCN1C(=O)C1CCCC1. The fraction of sp³-hybridized carbons (Fsp3) is 0.846. The third kappa shape index (κ3) is 2.17. The molecule has 1 amide bonds. The molecule has 0 spiro atoms. The Morgan fingerprint density at radius 1 is 1.18 bits per heavy atom. The summed E-state index contributed by atoms with van der Waals surface area (Å²) in [5.41, 5.74) is -0.974. The average Bonchev–Trinajstić information content (AvgIpc) is 2.82. The van der Waals surface area contributed by atoms with Gasteiger partial charge in [-0.15, -0.1) is 0 Å². The van der Waals surface area contributed by atoms with Crippen molar-refractivity contribution in [2.75, 3.05) is 6.54 Å². The van der Waals surface area contributed by atoms with Crippen molar-refractivity contribution in [2.24, 2.45) is 5.92 Å². The average molecular weight is 239 g/mol. The fourth-order valence-corrected chi connectivity index (χ4v) is 3.09. The standard InChI is InChI=1S/C13H21NO3/c1-13(12(16)17)8-4-5-9-14(13)11(15)10-6-2-3-7-10/h10H,2-9H2,1H3,(H,16,17). The van der Waals surface area contributed by atoms with E-state index in [4.69, 9.17) is 0 Å². The van der Waals surface area contributed by atoms with Gasteiger partial charge in [0, 0.05) is 12.5 Å². The largest absolute Gasteiger partial charge is 0.480 e. The molecule has 1 N–H and O–H groups in total. The van der Waals surface area contributed by atoms with Crippen LogP contribution >= 0.6 is 0 Å². The lowest BCUT2D eigenvalue weighted by molar-refractivity contribution is -0.162. The molecule has 1 aliphatic carbocycles. The third-order valence-electron chi connectivity index (χ3n) is 4.32. The Labute approximate surface area is 102 Å². The highest BCUT2D eigenvalue weighted by Crippen LogP contribution is 2.33. The maximum Gasteiger partial charge on any atom is 0.329 e. The van der Waals surface area contributed by atoms with E-state index in [1.54, 1.807) is 11.8 Å². The Morgan fingerprint density at radius 3 is 2.41 bits per heavy atom. The van der Waals surface area contributed by atoms with Crippen LogP contribution in [-0.4, -0.2) is 34.0 Å². The molecule has 0 aromatic rings. The number of carbonyl (C=O) groups excluding carboxylic acids is 1. The molecule has 2 aliphatic rings. The van der Waals surface area contributed by atoms with E-state index in [1.165, 1.54) is 0 Å². The van der Waals surface area contributed by atoms with Gasteiger partial charge in [0.05, 0.1) is 0 Å². The van der Waals surface area contributed by atoms with E-state index in [9.17, 15) is 14.7 Å². The van der Waals surface area contributed by atoms with Gasteiger partial charge in [-0.1, -0.05) is 12.8 Å². The van der Waals surface area contributed by atoms with E-state index in [0.717, 1.165) is 38.5 Å². The Balaban J connectivity index is 2.15. The first-order valence-electron chi connectivity index (χ1n) is 6.60. The van der Waals surface area contributed by atoms with E-state index in [2.05, 4.69) is 0 Å². The zero-order valence-electron chi connectivity index (χ0n) is 10.4. The quantitative estimate of drug-likeness (QED) is 0.802. The molecule has 0 radical (unpaired) electrons. The van der Waals surface area contributed by atoms with Crippen LogP contribution < -0.4 is 0 Å². The number of rotatable bonds is 2. The maximum absolute atomic E-state index is 12.4. The third-order valence-corrected chi connectivity index (χ3v) is 4.32. The summed E-state index contributed by atoms with van der Waals surface area (Å²) in [6.07, 6.45) is 6.50. The number of carboxylic acids is 1. The van der Waals surface area contributed by atoms with Crippen molar-refractivity contribution in [1.29, 1.82) is 0 Å². The Morgan fingerprint density at radius 2 is 1.82 bits per heavy atom. The molecule has 4 nitrogen and oxygen atoms in total. The molecule has 2 fully saturated rings. The van der Waals surface area contributed by atoms with Gasteiger partial charge in [-0.05, 0) is 39.0 Å². The molecule has 1 saturated heterocycles. The zero-order valence-corrected chi connectivity index (χ0v) is 10.4. The van der Waals surface area contributed by atoms with Crippen molar-refractivity contribution < 1.29 is 14.7 Å². The Hall–Kier alpha value is -1.06. The van der Waals surface area contributed by atoms with Crippen LogP contribution in [0, 0.1) is 5.92 Å². The van der Waals surface area contributed by atoms with Crippen molar-refractivity contribution in [2.45, 2.75) is 57.4 Å². The van der Waals surface area contributed by atoms with Crippen LogP contribution in [0.2, 0.25) is 0 Å². The second-order valence-corrected chi connectivity index (χ2v) is 5.51. The molecular weight excluding hydrogens is 218 g/mol. The molecule has 1 saturated carbocycles. The van der Waals surface area contributed by atoms with Gasteiger partial charge in [-0.2, -0.15) is 0 Å². The molecule has 0 aromatic carbocycles. The molecule has 1 atom stereocenters. The minimum atomic E-state index is -0.974. The van der Waals surface area contributed by atoms with Crippen LogP contribution in [0.4, 0.5) is 0 Å². The molecule has 17 heavy (non-hydrogen) atoms. The Bertz CT molecular complexity index is 323. The van der Waals surface area contributed by atoms with Crippen LogP contribution in [0.3, 0.4) is 0 Å². The van der Waals surface area contributed by atoms with E-state index in [1.807, 2.05) is 0 Å². The van der Waals surface area contributed by atoms with Gasteiger partial charge >= 0.3 is 5.97 Å². The highest BCUT2D eigenvalue weighted by Gasteiger charge is 2.45. The van der Waals surface area contributed by atoms with Crippen LogP contribution in [0.25, 0.3) is 0 Å². The summed E-state index contributed by atoms with van der Waals surface area (Å²) in [5.74, 6) is -0.706. The first-order valence-corrected chi connectivity index (χ1v) is 6.60. The van der Waals surface area contributed by atoms with Gasteiger partial charge in [0.25, 0.3) is 0 Å². The zero-order chi connectivity index (χ0) is 12.5. The summed E-state index contributed by atoms with van der Waals surface area (Å²) in [7, 11) is 0. The number of amides is 1. The fourth-order valence-electron chi connectivity index (χ4n) is 3.09. The van der Waals surface area contributed by atoms with Crippen molar-refractivity contribution in [3.05, 3.63) is 0 Å². The van der Waals surface area contributed by atoms with Crippen molar-refractivity contribution >= 4 is 11.9 Å².